The Kier molecular flexibility index (Phi) is 3.30. The monoisotopic (exact) mass is 244 g/mol. The minimum absolute atomic E-state index is 0.0256. The molecule has 0 amide bonds. The third-order valence-electron chi connectivity index (χ3n) is 2.65. The summed E-state index contributed by atoms with van der Waals surface area (Å²) in [7, 11) is 0. The molecule has 0 radical (unpaired) electrons. The molecule has 0 saturated heterocycles. The summed E-state index contributed by atoms with van der Waals surface area (Å²) in [6.07, 6.45) is 0. The van der Waals surface area contributed by atoms with E-state index in [0.717, 1.165) is 11.1 Å². The van der Waals surface area contributed by atoms with Gasteiger partial charge in [0.25, 0.3) is 0 Å². The fraction of sp³-hybridized carbons (Fsp3) is 0.133. The fourth-order valence-corrected chi connectivity index (χ4v) is 1.96. The van der Waals surface area contributed by atoms with Crippen molar-refractivity contribution in [3.8, 4) is 0 Å². The molecular formula is C15H13ClO. The van der Waals surface area contributed by atoms with Gasteiger partial charge in [-0.2, -0.15) is 0 Å². The van der Waals surface area contributed by atoms with E-state index in [0.29, 0.717) is 16.1 Å². The Hall–Kier alpha value is -1.60. The van der Waals surface area contributed by atoms with Crippen LogP contribution in [0, 0.1) is 13.8 Å². The van der Waals surface area contributed by atoms with E-state index < -0.39 is 0 Å². The molecule has 2 aromatic carbocycles. The minimum Gasteiger partial charge on any atom is -0.289 e. The number of carbonyl (C=O) groups is 1. The van der Waals surface area contributed by atoms with Crippen molar-refractivity contribution in [3.63, 3.8) is 0 Å². The summed E-state index contributed by atoms with van der Waals surface area (Å²) in [5, 5.41) is 0.502. The van der Waals surface area contributed by atoms with Crippen LogP contribution in [0.4, 0.5) is 0 Å². The van der Waals surface area contributed by atoms with Gasteiger partial charge in [0.2, 0.25) is 0 Å². The molecule has 0 saturated carbocycles. The summed E-state index contributed by atoms with van der Waals surface area (Å²) >= 11 is 6.06. The highest BCUT2D eigenvalue weighted by Crippen LogP contribution is 2.21. The third-order valence-corrected chi connectivity index (χ3v) is 2.98. The molecule has 17 heavy (non-hydrogen) atoms. The first kappa shape index (κ1) is 11.9. The van der Waals surface area contributed by atoms with Crippen LogP contribution in [0.3, 0.4) is 0 Å². The lowest BCUT2D eigenvalue weighted by Gasteiger charge is -2.05. The molecule has 0 aromatic heterocycles. The molecule has 1 nitrogen and oxygen atoms in total. The highest BCUT2D eigenvalue weighted by Gasteiger charge is 2.12. The average Bonchev–Trinajstić information content (AvgIpc) is 2.31. The Morgan fingerprint density at radius 2 is 1.71 bits per heavy atom. The van der Waals surface area contributed by atoms with Gasteiger partial charge in [-0.3, -0.25) is 4.79 Å². The van der Waals surface area contributed by atoms with E-state index in [1.807, 2.05) is 50.2 Å². The van der Waals surface area contributed by atoms with Gasteiger partial charge in [-0.1, -0.05) is 47.0 Å². The highest BCUT2D eigenvalue weighted by molar-refractivity contribution is 6.35. The van der Waals surface area contributed by atoms with Gasteiger partial charge in [-0.15, -0.1) is 0 Å². The van der Waals surface area contributed by atoms with Gasteiger partial charge in [0.15, 0.2) is 5.78 Å². The lowest BCUT2D eigenvalue weighted by molar-refractivity contribution is 0.103. The quantitative estimate of drug-likeness (QED) is 0.724. The van der Waals surface area contributed by atoms with E-state index >= 15 is 0 Å². The Balaban J connectivity index is 2.47. The maximum Gasteiger partial charge on any atom is 0.194 e. The molecule has 0 bridgehead atoms. The summed E-state index contributed by atoms with van der Waals surface area (Å²) in [6, 6.07) is 13.0. The average molecular weight is 245 g/mol. The largest absolute Gasteiger partial charge is 0.289 e. The summed E-state index contributed by atoms with van der Waals surface area (Å²) < 4.78 is 0. The van der Waals surface area contributed by atoms with Gasteiger partial charge in [0.05, 0.1) is 5.02 Å². The molecule has 0 heterocycles. The van der Waals surface area contributed by atoms with E-state index in [1.165, 1.54) is 0 Å². The van der Waals surface area contributed by atoms with Crippen LogP contribution in [0.1, 0.15) is 27.0 Å². The van der Waals surface area contributed by atoms with E-state index in [4.69, 9.17) is 11.6 Å². The van der Waals surface area contributed by atoms with Crippen molar-refractivity contribution in [3.05, 3.63) is 69.7 Å². The Labute approximate surface area is 106 Å². The second-order valence-electron chi connectivity index (χ2n) is 4.18. The van der Waals surface area contributed by atoms with Crippen molar-refractivity contribution >= 4 is 17.4 Å². The molecule has 2 heteroatoms. The minimum atomic E-state index is -0.0256. The number of halogens is 1. The molecule has 0 spiro atoms. The number of aryl methyl sites for hydroxylation is 2. The van der Waals surface area contributed by atoms with Crippen molar-refractivity contribution in [2.45, 2.75) is 13.8 Å². The summed E-state index contributed by atoms with van der Waals surface area (Å²) in [5.41, 5.74) is 3.35. The summed E-state index contributed by atoms with van der Waals surface area (Å²) in [5.74, 6) is -0.0256. The van der Waals surface area contributed by atoms with Crippen molar-refractivity contribution in [1.82, 2.24) is 0 Å². The predicted octanol–water partition coefficient (Wildman–Crippen LogP) is 4.19. The zero-order chi connectivity index (χ0) is 12.4. The van der Waals surface area contributed by atoms with Crippen LogP contribution < -0.4 is 0 Å². The van der Waals surface area contributed by atoms with Crippen LogP contribution in [-0.4, -0.2) is 5.78 Å². The number of hydrogen-bond acceptors (Lipinski definition) is 1. The Bertz CT molecular complexity index is 573. The standard InChI is InChI=1S/C15H13ClO/c1-10-4-3-5-12(8-10)15(17)13-9-11(2)6-7-14(13)16/h3-9H,1-2H3. The van der Waals surface area contributed by atoms with Crippen LogP contribution in [0.2, 0.25) is 5.02 Å². The zero-order valence-corrected chi connectivity index (χ0v) is 10.6. The first-order valence-electron chi connectivity index (χ1n) is 5.45. The lowest BCUT2D eigenvalue weighted by atomic mass is 10.0. The molecular weight excluding hydrogens is 232 g/mol. The number of carbonyl (C=O) groups excluding carboxylic acids is 1. The van der Waals surface area contributed by atoms with E-state index in [9.17, 15) is 4.79 Å². The molecule has 2 aromatic rings. The molecule has 0 unspecified atom stereocenters. The van der Waals surface area contributed by atoms with Crippen molar-refractivity contribution in [2.24, 2.45) is 0 Å². The zero-order valence-electron chi connectivity index (χ0n) is 9.83. The molecule has 2 rings (SSSR count). The molecule has 0 aliphatic carbocycles. The van der Waals surface area contributed by atoms with Crippen LogP contribution in [0.25, 0.3) is 0 Å². The first-order chi connectivity index (χ1) is 8.08. The first-order valence-corrected chi connectivity index (χ1v) is 5.83. The van der Waals surface area contributed by atoms with Crippen molar-refractivity contribution in [2.75, 3.05) is 0 Å². The number of ketones is 1. The topological polar surface area (TPSA) is 17.1 Å². The highest BCUT2D eigenvalue weighted by atomic mass is 35.5. The predicted molar refractivity (Wildman–Crippen MR) is 70.8 cm³/mol. The van der Waals surface area contributed by atoms with Gasteiger partial charge < -0.3 is 0 Å². The van der Waals surface area contributed by atoms with Gasteiger partial charge >= 0.3 is 0 Å². The summed E-state index contributed by atoms with van der Waals surface area (Å²) in [4.78, 5) is 12.3. The number of rotatable bonds is 2. The van der Waals surface area contributed by atoms with Crippen LogP contribution in [0.15, 0.2) is 42.5 Å². The van der Waals surface area contributed by atoms with E-state index in [-0.39, 0.29) is 5.78 Å². The van der Waals surface area contributed by atoms with Crippen LogP contribution in [0.5, 0.6) is 0 Å². The number of hydrogen-bond donors (Lipinski definition) is 0. The van der Waals surface area contributed by atoms with Gasteiger partial charge in [0, 0.05) is 11.1 Å². The fourth-order valence-electron chi connectivity index (χ4n) is 1.75. The van der Waals surface area contributed by atoms with Gasteiger partial charge in [-0.25, -0.2) is 0 Å². The Morgan fingerprint density at radius 1 is 1.00 bits per heavy atom. The maximum atomic E-state index is 12.3. The maximum absolute atomic E-state index is 12.3. The van der Waals surface area contributed by atoms with Crippen molar-refractivity contribution < 1.29 is 4.79 Å². The molecule has 0 fully saturated rings. The summed E-state index contributed by atoms with van der Waals surface area (Å²) in [6.45, 7) is 3.91. The van der Waals surface area contributed by atoms with Crippen LogP contribution in [-0.2, 0) is 0 Å². The molecule has 86 valence electrons. The third kappa shape index (κ3) is 2.56. The Morgan fingerprint density at radius 3 is 2.41 bits per heavy atom. The number of benzene rings is 2. The van der Waals surface area contributed by atoms with E-state index in [1.54, 1.807) is 6.07 Å². The van der Waals surface area contributed by atoms with Crippen molar-refractivity contribution in [1.29, 1.82) is 0 Å². The molecule has 0 aliphatic rings. The second-order valence-corrected chi connectivity index (χ2v) is 4.59. The lowest BCUT2D eigenvalue weighted by Crippen LogP contribution is -2.02. The van der Waals surface area contributed by atoms with E-state index in [2.05, 4.69) is 0 Å². The normalized spacial score (nSPS) is 10.3. The van der Waals surface area contributed by atoms with Gasteiger partial charge in [0.1, 0.15) is 0 Å². The molecule has 0 aliphatic heterocycles. The van der Waals surface area contributed by atoms with Crippen LogP contribution >= 0.6 is 11.6 Å². The van der Waals surface area contributed by atoms with Gasteiger partial charge in [-0.05, 0) is 32.0 Å². The molecule has 0 N–H and O–H groups in total. The second kappa shape index (κ2) is 4.72. The molecule has 0 atom stereocenters. The smallest absolute Gasteiger partial charge is 0.194 e. The SMILES string of the molecule is Cc1cccc(C(=O)c2cc(C)ccc2Cl)c1.